The number of imidazole rings is 1. The maximum atomic E-state index is 14.1. The Balaban J connectivity index is 1.51. The fourth-order valence-corrected chi connectivity index (χ4v) is 3.80. The van der Waals surface area contributed by atoms with Crippen LogP contribution in [0.2, 0.25) is 0 Å². The lowest BCUT2D eigenvalue weighted by molar-refractivity contribution is 0.506. The number of nitrogens with zero attached hydrogens (tertiary/aromatic N) is 6. The number of halogens is 1. The highest BCUT2D eigenvalue weighted by Crippen LogP contribution is 2.30. The van der Waals surface area contributed by atoms with E-state index in [4.69, 9.17) is 5.73 Å². The third-order valence-corrected chi connectivity index (χ3v) is 5.26. The molecule has 1 aliphatic rings. The monoisotopic (exact) mass is 404 g/mol. The normalized spacial score (nSPS) is 16.7. The Morgan fingerprint density at radius 2 is 2.03 bits per heavy atom. The molecule has 3 N–H and O–H groups in total. The zero-order valence-electron chi connectivity index (χ0n) is 16.2. The molecule has 0 saturated carbocycles. The minimum Gasteiger partial charge on any atom is -0.368 e. The molecule has 1 aliphatic heterocycles. The van der Waals surface area contributed by atoms with Crippen LogP contribution in [0.4, 0.5) is 21.7 Å². The summed E-state index contributed by atoms with van der Waals surface area (Å²) >= 11 is 0. The Morgan fingerprint density at radius 1 is 1.10 bits per heavy atom. The van der Waals surface area contributed by atoms with Crippen LogP contribution in [-0.4, -0.2) is 43.7 Å². The topological polar surface area (TPSA) is 97.3 Å². The van der Waals surface area contributed by atoms with Gasteiger partial charge in [-0.1, -0.05) is 0 Å². The molecule has 1 saturated heterocycles. The lowest BCUT2D eigenvalue weighted by Gasteiger charge is -2.33. The lowest BCUT2D eigenvalue weighted by Crippen LogP contribution is -2.43. The molecule has 30 heavy (non-hydrogen) atoms. The lowest BCUT2D eigenvalue weighted by atomic mass is 10.1. The quantitative estimate of drug-likeness (QED) is 0.505. The highest BCUT2D eigenvalue weighted by atomic mass is 19.1. The van der Waals surface area contributed by atoms with Crippen LogP contribution < -0.4 is 16.0 Å². The molecule has 0 amide bonds. The number of nitrogens with one attached hydrogen (secondary N) is 1. The molecule has 1 atom stereocenters. The van der Waals surface area contributed by atoms with Gasteiger partial charge in [0, 0.05) is 31.5 Å². The summed E-state index contributed by atoms with van der Waals surface area (Å²) < 4.78 is 15.8. The van der Waals surface area contributed by atoms with Crippen molar-refractivity contribution < 1.29 is 4.39 Å². The number of rotatable bonds is 4. The molecule has 0 aliphatic carbocycles. The SMILES string of the molecule is NC1CCCN(c2ccncc2Nc2ncc3ccc(-c4cccnc4F)nn23)C1. The van der Waals surface area contributed by atoms with E-state index >= 15 is 0 Å². The molecule has 5 rings (SSSR count). The Labute approximate surface area is 172 Å². The van der Waals surface area contributed by atoms with E-state index < -0.39 is 5.95 Å². The van der Waals surface area contributed by atoms with E-state index in [9.17, 15) is 4.39 Å². The number of aromatic nitrogens is 5. The smallest absolute Gasteiger partial charge is 0.229 e. The van der Waals surface area contributed by atoms with E-state index in [-0.39, 0.29) is 6.04 Å². The molecule has 1 fully saturated rings. The van der Waals surface area contributed by atoms with Crippen LogP contribution >= 0.6 is 0 Å². The van der Waals surface area contributed by atoms with Gasteiger partial charge in [0.1, 0.15) is 0 Å². The molecule has 9 heteroatoms. The minimum absolute atomic E-state index is 0.158. The van der Waals surface area contributed by atoms with Crippen molar-refractivity contribution in [1.82, 2.24) is 24.6 Å². The zero-order chi connectivity index (χ0) is 20.5. The zero-order valence-corrected chi connectivity index (χ0v) is 16.2. The highest BCUT2D eigenvalue weighted by Gasteiger charge is 2.20. The summed E-state index contributed by atoms with van der Waals surface area (Å²) in [6, 6.07) is 9.07. The van der Waals surface area contributed by atoms with Crippen LogP contribution in [0.3, 0.4) is 0 Å². The summed E-state index contributed by atoms with van der Waals surface area (Å²) in [6.45, 7) is 1.74. The molecule has 5 heterocycles. The van der Waals surface area contributed by atoms with Crippen LogP contribution in [0.1, 0.15) is 12.8 Å². The van der Waals surface area contributed by atoms with Gasteiger partial charge in [0.2, 0.25) is 11.9 Å². The van der Waals surface area contributed by atoms with Crippen molar-refractivity contribution in [2.24, 2.45) is 5.73 Å². The molecule has 0 bridgehead atoms. The van der Waals surface area contributed by atoms with Crippen molar-refractivity contribution >= 4 is 22.8 Å². The van der Waals surface area contributed by atoms with E-state index in [1.165, 1.54) is 6.20 Å². The van der Waals surface area contributed by atoms with Gasteiger partial charge in [-0.05, 0) is 43.2 Å². The van der Waals surface area contributed by atoms with Gasteiger partial charge in [-0.2, -0.15) is 14.0 Å². The first-order valence-corrected chi connectivity index (χ1v) is 9.86. The average molecular weight is 404 g/mol. The third-order valence-electron chi connectivity index (χ3n) is 5.26. The van der Waals surface area contributed by atoms with Crippen molar-refractivity contribution in [2.45, 2.75) is 18.9 Å². The molecule has 4 aromatic rings. The van der Waals surface area contributed by atoms with Crippen LogP contribution in [0.5, 0.6) is 0 Å². The number of anilines is 3. The van der Waals surface area contributed by atoms with E-state index in [0.29, 0.717) is 17.2 Å². The maximum absolute atomic E-state index is 14.1. The van der Waals surface area contributed by atoms with Crippen molar-refractivity contribution in [2.75, 3.05) is 23.3 Å². The van der Waals surface area contributed by atoms with Crippen molar-refractivity contribution in [3.63, 3.8) is 0 Å². The number of piperidine rings is 1. The van der Waals surface area contributed by atoms with Gasteiger partial charge in [0.05, 0.1) is 40.5 Å². The summed E-state index contributed by atoms with van der Waals surface area (Å²) in [6.07, 6.45) is 8.75. The van der Waals surface area contributed by atoms with Crippen LogP contribution in [0.25, 0.3) is 16.8 Å². The second-order valence-electron chi connectivity index (χ2n) is 7.34. The summed E-state index contributed by atoms with van der Waals surface area (Å²) in [5.41, 5.74) is 9.60. The largest absolute Gasteiger partial charge is 0.368 e. The van der Waals surface area contributed by atoms with Crippen LogP contribution in [-0.2, 0) is 0 Å². The fourth-order valence-electron chi connectivity index (χ4n) is 3.80. The first-order chi connectivity index (χ1) is 14.7. The van der Waals surface area contributed by atoms with Gasteiger partial charge in [0.25, 0.3) is 0 Å². The number of nitrogens with two attached hydrogens (primary N) is 1. The molecule has 0 radical (unpaired) electrons. The van der Waals surface area contributed by atoms with Crippen molar-refractivity contribution in [1.29, 1.82) is 0 Å². The Bertz CT molecular complexity index is 1190. The highest BCUT2D eigenvalue weighted by molar-refractivity contribution is 5.73. The average Bonchev–Trinajstić information content (AvgIpc) is 3.16. The molecule has 0 aromatic carbocycles. The van der Waals surface area contributed by atoms with Gasteiger partial charge < -0.3 is 16.0 Å². The Morgan fingerprint density at radius 3 is 2.90 bits per heavy atom. The van der Waals surface area contributed by atoms with Crippen LogP contribution in [0, 0.1) is 5.95 Å². The summed E-state index contributed by atoms with van der Waals surface area (Å²) in [5, 5.41) is 7.91. The van der Waals surface area contributed by atoms with Crippen molar-refractivity contribution in [3.05, 3.63) is 61.1 Å². The van der Waals surface area contributed by atoms with Crippen molar-refractivity contribution in [3.8, 4) is 11.3 Å². The van der Waals surface area contributed by atoms with Gasteiger partial charge >= 0.3 is 0 Å². The van der Waals surface area contributed by atoms with E-state index in [1.54, 1.807) is 41.3 Å². The molecular weight excluding hydrogens is 383 g/mol. The second kappa shape index (κ2) is 7.68. The molecule has 1 unspecified atom stereocenters. The maximum Gasteiger partial charge on any atom is 0.229 e. The predicted molar refractivity (Wildman–Crippen MR) is 113 cm³/mol. The number of hydrogen-bond donors (Lipinski definition) is 2. The number of hydrogen-bond acceptors (Lipinski definition) is 7. The van der Waals surface area contributed by atoms with E-state index in [0.717, 1.165) is 42.8 Å². The predicted octanol–water partition coefficient (Wildman–Crippen LogP) is 3.00. The molecule has 152 valence electrons. The summed E-state index contributed by atoms with van der Waals surface area (Å²) in [5.74, 6) is -0.0401. The van der Waals surface area contributed by atoms with Gasteiger partial charge in [-0.25, -0.2) is 9.97 Å². The number of fused-ring (bicyclic) bond motifs is 1. The molecule has 8 nitrogen and oxygen atoms in total. The van der Waals surface area contributed by atoms with Gasteiger partial charge in [-0.3, -0.25) is 4.98 Å². The number of pyridine rings is 2. The summed E-state index contributed by atoms with van der Waals surface area (Å²) in [4.78, 5) is 14.7. The molecule has 4 aromatic heterocycles. The Hall–Kier alpha value is -3.59. The van der Waals surface area contributed by atoms with Gasteiger partial charge in [0.15, 0.2) is 0 Å². The Kier molecular flexibility index (Phi) is 4.72. The van der Waals surface area contributed by atoms with E-state index in [1.807, 2.05) is 12.1 Å². The first-order valence-electron chi connectivity index (χ1n) is 9.86. The third kappa shape index (κ3) is 3.43. The van der Waals surface area contributed by atoms with Gasteiger partial charge in [-0.15, -0.1) is 0 Å². The molecule has 0 spiro atoms. The van der Waals surface area contributed by atoms with E-state index in [2.05, 4.69) is 30.3 Å². The fraction of sp³-hybridized carbons (Fsp3) is 0.238. The first kappa shape index (κ1) is 18.4. The molecular formula is C21H21FN8. The summed E-state index contributed by atoms with van der Waals surface area (Å²) in [7, 11) is 0. The second-order valence-corrected chi connectivity index (χ2v) is 7.34. The van der Waals surface area contributed by atoms with Crippen LogP contribution in [0.15, 0.2) is 55.1 Å². The minimum atomic E-state index is -0.560. The standard InChI is InChI=1S/C21H21FN8/c22-20-16(4-1-8-25-20)17-6-5-15-11-26-21(30(15)28-17)27-18-12-24-9-7-19(18)29-10-2-3-14(23)13-29/h1,4-9,11-12,14H,2-3,10,13,23H2,(H,26,27).